The van der Waals surface area contributed by atoms with Crippen LogP contribution in [0.15, 0.2) is 51.7 Å². The molecule has 0 aliphatic heterocycles. The second-order valence-electron chi connectivity index (χ2n) is 5.54. The minimum Gasteiger partial charge on any atom is -0.408 e. The summed E-state index contributed by atoms with van der Waals surface area (Å²) in [4.78, 5) is 11.5. The van der Waals surface area contributed by atoms with Crippen molar-refractivity contribution in [1.29, 1.82) is 5.26 Å². The molecule has 0 bridgehead atoms. The van der Waals surface area contributed by atoms with E-state index in [1.807, 2.05) is 49.4 Å². The summed E-state index contributed by atoms with van der Waals surface area (Å²) in [7, 11) is 1.70. The van der Waals surface area contributed by atoms with E-state index in [0.29, 0.717) is 5.58 Å². The number of hydrogen-bond acceptors (Lipinski definition) is 3. The molecule has 4 heteroatoms. The lowest BCUT2D eigenvalue weighted by Gasteiger charge is -2.06. The smallest absolute Gasteiger partial charge is 0.408 e. The van der Waals surface area contributed by atoms with Crippen LogP contribution in [0, 0.1) is 17.2 Å². The Bertz CT molecular complexity index is 911. The van der Waals surface area contributed by atoms with Gasteiger partial charge in [-0.25, -0.2) is 4.79 Å². The standard InChI is InChI=1S/C18H16N2O2/c1-12(11-19)9-13-3-5-14(6-4-13)15-7-8-17-16(10-15)20(2)18(21)22-17/h3-8,10,12H,9H2,1-2H3. The fourth-order valence-electron chi connectivity index (χ4n) is 2.54. The number of fused-ring (bicyclic) bond motifs is 1. The monoisotopic (exact) mass is 292 g/mol. The largest absolute Gasteiger partial charge is 0.419 e. The fourth-order valence-corrected chi connectivity index (χ4v) is 2.54. The summed E-state index contributed by atoms with van der Waals surface area (Å²) in [5, 5.41) is 8.87. The number of oxazole rings is 1. The molecule has 0 aliphatic carbocycles. The second kappa shape index (κ2) is 5.53. The Hall–Kier alpha value is -2.80. The van der Waals surface area contributed by atoms with E-state index >= 15 is 0 Å². The van der Waals surface area contributed by atoms with Crippen molar-refractivity contribution in [2.75, 3.05) is 0 Å². The molecular formula is C18H16N2O2. The number of nitriles is 1. The molecule has 0 amide bonds. The summed E-state index contributed by atoms with van der Waals surface area (Å²) < 4.78 is 6.64. The molecule has 1 atom stereocenters. The highest BCUT2D eigenvalue weighted by atomic mass is 16.4. The highest BCUT2D eigenvalue weighted by Crippen LogP contribution is 2.24. The lowest BCUT2D eigenvalue weighted by molar-refractivity contribution is 0.528. The van der Waals surface area contributed by atoms with Gasteiger partial charge in [-0.2, -0.15) is 5.26 Å². The Morgan fingerprint density at radius 3 is 2.55 bits per heavy atom. The van der Waals surface area contributed by atoms with Crippen LogP contribution in [0.25, 0.3) is 22.2 Å². The van der Waals surface area contributed by atoms with Crippen molar-refractivity contribution in [3.8, 4) is 17.2 Å². The van der Waals surface area contributed by atoms with Gasteiger partial charge in [0.15, 0.2) is 5.58 Å². The third kappa shape index (κ3) is 2.53. The van der Waals surface area contributed by atoms with Crippen molar-refractivity contribution in [1.82, 2.24) is 4.57 Å². The molecule has 0 saturated heterocycles. The highest BCUT2D eigenvalue weighted by Gasteiger charge is 2.08. The molecule has 3 aromatic rings. The summed E-state index contributed by atoms with van der Waals surface area (Å²) in [6, 6.07) is 16.1. The molecule has 110 valence electrons. The van der Waals surface area contributed by atoms with E-state index in [1.165, 1.54) is 4.57 Å². The van der Waals surface area contributed by atoms with Crippen LogP contribution in [0.5, 0.6) is 0 Å². The van der Waals surface area contributed by atoms with E-state index < -0.39 is 0 Å². The van der Waals surface area contributed by atoms with Gasteiger partial charge in [0.05, 0.1) is 11.6 Å². The van der Waals surface area contributed by atoms with Crippen molar-refractivity contribution in [3.63, 3.8) is 0 Å². The van der Waals surface area contributed by atoms with Crippen molar-refractivity contribution < 1.29 is 4.42 Å². The predicted octanol–water partition coefficient (Wildman–Crippen LogP) is 3.50. The Balaban J connectivity index is 1.95. The molecule has 0 aliphatic rings. The quantitative estimate of drug-likeness (QED) is 0.742. The van der Waals surface area contributed by atoms with Gasteiger partial charge in [0.25, 0.3) is 0 Å². The summed E-state index contributed by atoms with van der Waals surface area (Å²) in [5.74, 6) is -0.337. The van der Waals surface area contributed by atoms with Gasteiger partial charge in [0, 0.05) is 13.0 Å². The van der Waals surface area contributed by atoms with Crippen LogP contribution >= 0.6 is 0 Å². The Labute approximate surface area is 128 Å². The average molecular weight is 292 g/mol. The number of aromatic nitrogens is 1. The molecular weight excluding hydrogens is 276 g/mol. The number of hydrogen-bond donors (Lipinski definition) is 0. The summed E-state index contributed by atoms with van der Waals surface area (Å²) in [6.45, 7) is 1.92. The molecule has 22 heavy (non-hydrogen) atoms. The van der Waals surface area contributed by atoms with E-state index in [0.717, 1.165) is 28.6 Å². The number of nitrogens with zero attached hydrogens (tertiary/aromatic N) is 2. The minimum atomic E-state index is -0.354. The molecule has 0 spiro atoms. The first-order valence-electron chi connectivity index (χ1n) is 7.17. The van der Waals surface area contributed by atoms with Gasteiger partial charge in [-0.1, -0.05) is 30.3 Å². The van der Waals surface area contributed by atoms with Crippen LogP contribution < -0.4 is 5.76 Å². The lowest BCUT2D eigenvalue weighted by atomic mass is 9.99. The summed E-state index contributed by atoms with van der Waals surface area (Å²) in [5.41, 5.74) is 4.63. The third-order valence-corrected chi connectivity index (χ3v) is 3.84. The van der Waals surface area contributed by atoms with E-state index in [-0.39, 0.29) is 11.7 Å². The Kier molecular flexibility index (Phi) is 3.56. The van der Waals surface area contributed by atoms with Gasteiger partial charge in [-0.15, -0.1) is 0 Å². The third-order valence-electron chi connectivity index (χ3n) is 3.84. The number of benzene rings is 2. The minimum absolute atomic E-state index is 0.0163. The number of rotatable bonds is 3. The van der Waals surface area contributed by atoms with Gasteiger partial charge in [-0.3, -0.25) is 4.57 Å². The van der Waals surface area contributed by atoms with Crippen molar-refractivity contribution in [2.24, 2.45) is 13.0 Å². The van der Waals surface area contributed by atoms with Gasteiger partial charge < -0.3 is 4.42 Å². The zero-order valence-corrected chi connectivity index (χ0v) is 12.5. The zero-order chi connectivity index (χ0) is 15.7. The van der Waals surface area contributed by atoms with Crippen LogP contribution in [-0.2, 0) is 13.5 Å². The van der Waals surface area contributed by atoms with Gasteiger partial charge in [-0.05, 0) is 42.2 Å². The van der Waals surface area contributed by atoms with E-state index in [2.05, 4.69) is 6.07 Å². The molecule has 0 radical (unpaired) electrons. The molecule has 0 N–H and O–H groups in total. The predicted molar refractivity (Wildman–Crippen MR) is 85.4 cm³/mol. The summed E-state index contributed by atoms with van der Waals surface area (Å²) >= 11 is 0. The van der Waals surface area contributed by atoms with E-state index in [4.69, 9.17) is 9.68 Å². The molecule has 1 heterocycles. The maximum absolute atomic E-state index is 11.5. The topological polar surface area (TPSA) is 58.9 Å². The molecule has 1 unspecified atom stereocenters. The molecule has 0 saturated carbocycles. The highest BCUT2D eigenvalue weighted by molar-refractivity contribution is 5.80. The van der Waals surface area contributed by atoms with E-state index in [1.54, 1.807) is 7.05 Å². The molecule has 3 rings (SSSR count). The van der Waals surface area contributed by atoms with E-state index in [9.17, 15) is 4.79 Å². The van der Waals surface area contributed by atoms with Crippen molar-refractivity contribution in [3.05, 3.63) is 58.6 Å². The van der Waals surface area contributed by atoms with Crippen molar-refractivity contribution >= 4 is 11.1 Å². The first-order chi connectivity index (χ1) is 10.6. The van der Waals surface area contributed by atoms with Crippen LogP contribution in [0.2, 0.25) is 0 Å². The fraction of sp³-hybridized carbons (Fsp3) is 0.222. The van der Waals surface area contributed by atoms with Crippen LogP contribution in [0.3, 0.4) is 0 Å². The first kappa shape index (κ1) is 14.2. The molecule has 4 nitrogen and oxygen atoms in total. The van der Waals surface area contributed by atoms with Gasteiger partial charge >= 0.3 is 5.76 Å². The van der Waals surface area contributed by atoms with Gasteiger partial charge in [0.1, 0.15) is 0 Å². The maximum Gasteiger partial charge on any atom is 0.419 e. The molecule has 2 aromatic carbocycles. The SMILES string of the molecule is CC(C#N)Cc1ccc(-c2ccc3oc(=O)n(C)c3c2)cc1. The first-order valence-corrected chi connectivity index (χ1v) is 7.17. The molecule has 1 aromatic heterocycles. The Morgan fingerprint density at radius 1 is 1.18 bits per heavy atom. The van der Waals surface area contributed by atoms with Crippen molar-refractivity contribution in [2.45, 2.75) is 13.3 Å². The van der Waals surface area contributed by atoms with Crippen LogP contribution in [0.1, 0.15) is 12.5 Å². The zero-order valence-electron chi connectivity index (χ0n) is 12.5. The maximum atomic E-state index is 11.5. The number of aryl methyl sites for hydroxylation is 1. The second-order valence-corrected chi connectivity index (χ2v) is 5.54. The van der Waals surface area contributed by atoms with Crippen LogP contribution in [0.4, 0.5) is 0 Å². The average Bonchev–Trinajstić information content (AvgIpc) is 2.82. The summed E-state index contributed by atoms with van der Waals surface area (Å²) in [6.07, 6.45) is 0.756. The normalized spacial score (nSPS) is 12.2. The lowest BCUT2D eigenvalue weighted by Crippen LogP contribution is -2.08. The molecule has 0 fully saturated rings. The van der Waals surface area contributed by atoms with Gasteiger partial charge in [0.2, 0.25) is 0 Å². The Morgan fingerprint density at radius 2 is 1.86 bits per heavy atom. The van der Waals surface area contributed by atoms with Crippen LogP contribution in [-0.4, -0.2) is 4.57 Å².